The third-order valence-electron chi connectivity index (χ3n) is 2.28. The molecule has 1 aromatic carbocycles. The van der Waals surface area contributed by atoms with Gasteiger partial charge in [0.15, 0.2) is 6.10 Å². The fourth-order valence-electron chi connectivity index (χ4n) is 1.32. The van der Waals surface area contributed by atoms with Gasteiger partial charge in [-0.05, 0) is 12.5 Å². The summed E-state index contributed by atoms with van der Waals surface area (Å²) in [5.74, 6) is 0. The number of nitro benzene ring substituents is 1. The quantitative estimate of drug-likeness (QED) is 0.660. The summed E-state index contributed by atoms with van der Waals surface area (Å²) in [6, 6.07) is 3.73. The standard InChI is InChI=1S/C10H10F3NO3/c1-6-2-3-7(4-8(6)14(16)17)5-9(15)10(11,12)13/h2-4,9,15H,5H2,1H3. The van der Waals surface area contributed by atoms with E-state index < -0.39 is 23.6 Å². The first kappa shape index (κ1) is 13.4. The van der Waals surface area contributed by atoms with E-state index in [9.17, 15) is 23.3 Å². The molecule has 94 valence electrons. The van der Waals surface area contributed by atoms with Crippen LogP contribution in [0.15, 0.2) is 18.2 Å². The van der Waals surface area contributed by atoms with Gasteiger partial charge in [-0.2, -0.15) is 13.2 Å². The van der Waals surface area contributed by atoms with Gasteiger partial charge in [-0.1, -0.05) is 12.1 Å². The summed E-state index contributed by atoms with van der Waals surface area (Å²) in [7, 11) is 0. The second-order valence-corrected chi connectivity index (χ2v) is 3.64. The minimum Gasteiger partial charge on any atom is -0.383 e. The third-order valence-corrected chi connectivity index (χ3v) is 2.28. The summed E-state index contributed by atoms with van der Waals surface area (Å²) < 4.78 is 36.3. The van der Waals surface area contributed by atoms with E-state index >= 15 is 0 Å². The van der Waals surface area contributed by atoms with Crippen molar-refractivity contribution in [3.05, 3.63) is 39.4 Å². The Balaban J connectivity index is 2.94. The maximum atomic E-state index is 12.1. The van der Waals surface area contributed by atoms with Gasteiger partial charge in [-0.25, -0.2) is 0 Å². The zero-order valence-electron chi connectivity index (χ0n) is 8.86. The smallest absolute Gasteiger partial charge is 0.383 e. The molecule has 0 heterocycles. The summed E-state index contributed by atoms with van der Waals surface area (Å²) in [4.78, 5) is 9.91. The van der Waals surface area contributed by atoms with Crippen molar-refractivity contribution in [1.82, 2.24) is 0 Å². The van der Waals surface area contributed by atoms with E-state index in [1.165, 1.54) is 19.1 Å². The number of nitrogens with zero attached hydrogens (tertiary/aromatic N) is 1. The van der Waals surface area contributed by atoms with Gasteiger partial charge in [-0.3, -0.25) is 10.1 Å². The Morgan fingerprint density at radius 3 is 2.53 bits per heavy atom. The number of hydrogen-bond acceptors (Lipinski definition) is 3. The van der Waals surface area contributed by atoms with Gasteiger partial charge < -0.3 is 5.11 Å². The number of nitro groups is 1. The molecule has 4 nitrogen and oxygen atoms in total. The van der Waals surface area contributed by atoms with Crippen LogP contribution in [-0.2, 0) is 6.42 Å². The third kappa shape index (κ3) is 3.42. The van der Waals surface area contributed by atoms with Crippen LogP contribution in [0.5, 0.6) is 0 Å². The van der Waals surface area contributed by atoms with Crippen LogP contribution in [0.1, 0.15) is 11.1 Å². The maximum absolute atomic E-state index is 12.1. The molecule has 0 radical (unpaired) electrons. The van der Waals surface area contributed by atoms with Crippen molar-refractivity contribution >= 4 is 5.69 Å². The summed E-state index contributed by atoms with van der Waals surface area (Å²) in [6.45, 7) is 1.49. The summed E-state index contributed by atoms with van der Waals surface area (Å²) >= 11 is 0. The van der Waals surface area contributed by atoms with Crippen LogP contribution < -0.4 is 0 Å². The highest BCUT2D eigenvalue weighted by Gasteiger charge is 2.38. The molecule has 0 saturated heterocycles. The Labute approximate surface area is 94.8 Å². The molecule has 0 bridgehead atoms. The molecule has 0 amide bonds. The lowest BCUT2D eigenvalue weighted by Crippen LogP contribution is -2.30. The average Bonchev–Trinajstić information content (AvgIpc) is 2.19. The van der Waals surface area contributed by atoms with Crippen LogP contribution in [0.2, 0.25) is 0 Å². The van der Waals surface area contributed by atoms with Crippen molar-refractivity contribution in [2.24, 2.45) is 0 Å². The highest BCUT2D eigenvalue weighted by atomic mass is 19.4. The second-order valence-electron chi connectivity index (χ2n) is 3.64. The molecule has 1 atom stereocenters. The first-order chi connectivity index (χ1) is 7.71. The monoisotopic (exact) mass is 249 g/mol. The number of aliphatic hydroxyl groups excluding tert-OH is 1. The fraction of sp³-hybridized carbons (Fsp3) is 0.400. The van der Waals surface area contributed by atoms with Gasteiger partial charge in [0.05, 0.1) is 4.92 Å². The molecule has 0 spiro atoms. The van der Waals surface area contributed by atoms with E-state index in [0.29, 0.717) is 5.56 Å². The van der Waals surface area contributed by atoms with Crippen LogP contribution in [0, 0.1) is 17.0 Å². The minimum atomic E-state index is -4.72. The molecular formula is C10H10F3NO3. The number of hydrogen-bond donors (Lipinski definition) is 1. The van der Waals surface area contributed by atoms with Crippen molar-refractivity contribution in [1.29, 1.82) is 0 Å². The lowest BCUT2D eigenvalue weighted by Gasteiger charge is -2.14. The van der Waals surface area contributed by atoms with Crippen LogP contribution in [0.4, 0.5) is 18.9 Å². The van der Waals surface area contributed by atoms with Crippen molar-refractivity contribution in [3.63, 3.8) is 0 Å². The summed E-state index contributed by atoms with van der Waals surface area (Å²) in [6.07, 6.45) is -7.92. The number of benzene rings is 1. The SMILES string of the molecule is Cc1ccc(CC(O)C(F)(F)F)cc1[N+](=O)[O-]. The van der Waals surface area contributed by atoms with Gasteiger partial charge in [0.2, 0.25) is 0 Å². The number of alkyl halides is 3. The van der Waals surface area contributed by atoms with Crippen LogP contribution >= 0.6 is 0 Å². The number of rotatable bonds is 3. The van der Waals surface area contributed by atoms with E-state index in [2.05, 4.69) is 0 Å². The van der Waals surface area contributed by atoms with Crippen LogP contribution in [0.25, 0.3) is 0 Å². The van der Waals surface area contributed by atoms with Crippen molar-refractivity contribution in [3.8, 4) is 0 Å². The molecule has 0 saturated carbocycles. The minimum absolute atomic E-state index is 0.0760. The molecule has 7 heteroatoms. The zero-order chi connectivity index (χ0) is 13.2. The van der Waals surface area contributed by atoms with E-state index in [-0.39, 0.29) is 11.3 Å². The molecule has 1 aromatic rings. The molecular weight excluding hydrogens is 239 g/mol. The first-order valence-corrected chi connectivity index (χ1v) is 4.70. The van der Waals surface area contributed by atoms with E-state index in [1.54, 1.807) is 0 Å². The topological polar surface area (TPSA) is 63.4 Å². The van der Waals surface area contributed by atoms with Crippen LogP contribution in [-0.4, -0.2) is 22.3 Å². The van der Waals surface area contributed by atoms with Crippen molar-refractivity contribution in [2.75, 3.05) is 0 Å². The van der Waals surface area contributed by atoms with Gasteiger partial charge in [0, 0.05) is 18.1 Å². The predicted octanol–water partition coefficient (Wildman–Crippen LogP) is 2.37. The van der Waals surface area contributed by atoms with Crippen molar-refractivity contribution < 1.29 is 23.2 Å². The number of halogens is 3. The van der Waals surface area contributed by atoms with Gasteiger partial charge >= 0.3 is 6.18 Å². The number of aryl methyl sites for hydroxylation is 1. The molecule has 0 aliphatic carbocycles. The summed E-state index contributed by atoms with van der Waals surface area (Å²) in [5.41, 5.74) is 0.184. The predicted molar refractivity (Wildman–Crippen MR) is 53.6 cm³/mol. The number of aliphatic hydroxyl groups is 1. The average molecular weight is 249 g/mol. The highest BCUT2D eigenvalue weighted by Crippen LogP contribution is 2.25. The lowest BCUT2D eigenvalue weighted by molar-refractivity contribution is -0.385. The van der Waals surface area contributed by atoms with E-state index in [1.807, 2.05) is 0 Å². The normalized spacial score (nSPS) is 13.5. The molecule has 1 rings (SSSR count). The van der Waals surface area contributed by atoms with Crippen LogP contribution in [0.3, 0.4) is 0 Å². The first-order valence-electron chi connectivity index (χ1n) is 4.70. The molecule has 0 aliphatic heterocycles. The van der Waals surface area contributed by atoms with Gasteiger partial charge in [0.1, 0.15) is 0 Å². The molecule has 0 aromatic heterocycles. The van der Waals surface area contributed by atoms with Gasteiger partial charge in [-0.15, -0.1) is 0 Å². The Bertz CT molecular complexity index is 431. The Morgan fingerprint density at radius 2 is 2.06 bits per heavy atom. The molecule has 1 N–H and O–H groups in total. The van der Waals surface area contributed by atoms with Crippen molar-refractivity contribution in [2.45, 2.75) is 25.6 Å². The fourth-order valence-corrected chi connectivity index (χ4v) is 1.32. The highest BCUT2D eigenvalue weighted by molar-refractivity contribution is 5.42. The summed E-state index contributed by atoms with van der Waals surface area (Å²) in [5, 5.41) is 19.4. The largest absolute Gasteiger partial charge is 0.414 e. The lowest BCUT2D eigenvalue weighted by atomic mass is 10.0. The maximum Gasteiger partial charge on any atom is 0.414 e. The Kier molecular flexibility index (Phi) is 3.72. The Morgan fingerprint density at radius 1 is 1.47 bits per heavy atom. The molecule has 1 unspecified atom stereocenters. The van der Waals surface area contributed by atoms with E-state index in [0.717, 1.165) is 6.07 Å². The molecule has 0 aliphatic rings. The molecule has 0 fully saturated rings. The molecule has 17 heavy (non-hydrogen) atoms. The van der Waals surface area contributed by atoms with Gasteiger partial charge in [0.25, 0.3) is 5.69 Å². The Hall–Kier alpha value is -1.63. The zero-order valence-corrected chi connectivity index (χ0v) is 8.86. The second kappa shape index (κ2) is 4.70. The van der Waals surface area contributed by atoms with E-state index in [4.69, 9.17) is 5.11 Å².